The molecule has 0 N–H and O–H groups in total. The molecule has 0 radical (unpaired) electrons. The Morgan fingerprint density at radius 2 is 1.00 bits per heavy atom. The third kappa shape index (κ3) is 4.71. The van der Waals surface area contributed by atoms with E-state index in [9.17, 15) is 0 Å². The fourth-order valence-electron chi connectivity index (χ4n) is 6.01. The predicted molar refractivity (Wildman–Crippen MR) is 183 cm³/mol. The third-order valence-corrected chi connectivity index (χ3v) is 8.20. The van der Waals surface area contributed by atoms with Crippen molar-refractivity contribution in [2.24, 2.45) is 0 Å². The van der Waals surface area contributed by atoms with Gasteiger partial charge in [-0.1, -0.05) is 109 Å². The first kappa shape index (κ1) is 25.8. The van der Waals surface area contributed by atoms with Crippen molar-refractivity contribution in [3.63, 3.8) is 0 Å². The fraction of sp³-hybridized carbons (Fsp3) is 0. The maximum absolute atomic E-state index is 6.01. The summed E-state index contributed by atoms with van der Waals surface area (Å²) in [6.45, 7) is 0. The molecule has 0 aliphatic rings. The lowest BCUT2D eigenvalue weighted by Gasteiger charge is -2.28. The summed E-state index contributed by atoms with van der Waals surface area (Å²) in [6, 6.07) is 55.8. The van der Waals surface area contributed by atoms with E-state index in [-0.39, 0.29) is 0 Å². The van der Waals surface area contributed by atoms with Crippen LogP contribution in [0.25, 0.3) is 55.3 Å². The zero-order valence-electron chi connectivity index (χ0n) is 24.0. The number of pyridine rings is 1. The van der Waals surface area contributed by atoms with Gasteiger partial charge in [0, 0.05) is 33.9 Å². The molecule has 0 spiro atoms. The average Bonchev–Trinajstić information content (AvgIpc) is 3.48. The molecule has 44 heavy (non-hydrogen) atoms. The lowest BCUT2D eigenvalue weighted by Crippen LogP contribution is -2.11. The van der Waals surface area contributed by atoms with Crippen molar-refractivity contribution in [1.82, 2.24) is 4.98 Å². The van der Waals surface area contributed by atoms with Gasteiger partial charge in [0.1, 0.15) is 5.58 Å². The number of para-hydroxylation sites is 1. The predicted octanol–water partition coefficient (Wildman–Crippen LogP) is 11.5. The second kappa shape index (κ2) is 11.0. The van der Waals surface area contributed by atoms with E-state index in [1.165, 1.54) is 22.3 Å². The van der Waals surface area contributed by atoms with Crippen molar-refractivity contribution < 1.29 is 4.42 Å². The minimum atomic E-state index is 0.806. The summed E-state index contributed by atoms with van der Waals surface area (Å²) in [6.07, 6.45) is 3.59. The number of anilines is 3. The minimum absolute atomic E-state index is 0.806. The van der Waals surface area contributed by atoms with Crippen LogP contribution in [-0.4, -0.2) is 4.98 Å². The molecule has 0 amide bonds. The van der Waals surface area contributed by atoms with Crippen molar-refractivity contribution >= 4 is 39.0 Å². The second-order valence-electron chi connectivity index (χ2n) is 10.9. The quantitative estimate of drug-likeness (QED) is 0.201. The number of furan rings is 1. The van der Waals surface area contributed by atoms with Gasteiger partial charge in [-0.25, -0.2) is 0 Å². The van der Waals surface area contributed by atoms with E-state index < -0.39 is 0 Å². The van der Waals surface area contributed by atoms with Crippen LogP contribution >= 0.6 is 0 Å². The van der Waals surface area contributed by atoms with E-state index in [0.29, 0.717) is 0 Å². The summed E-state index contributed by atoms with van der Waals surface area (Å²) >= 11 is 0. The number of fused-ring (bicyclic) bond motifs is 3. The van der Waals surface area contributed by atoms with E-state index >= 15 is 0 Å². The topological polar surface area (TPSA) is 29.3 Å². The molecule has 0 fully saturated rings. The fourth-order valence-corrected chi connectivity index (χ4v) is 6.01. The number of hydrogen-bond donors (Lipinski definition) is 0. The van der Waals surface area contributed by atoms with Crippen molar-refractivity contribution in [2.45, 2.75) is 0 Å². The molecule has 2 aromatic heterocycles. The summed E-state index contributed by atoms with van der Waals surface area (Å²) in [5.74, 6) is 0. The van der Waals surface area contributed by atoms with Gasteiger partial charge in [-0.2, -0.15) is 0 Å². The summed E-state index contributed by atoms with van der Waals surface area (Å²) < 4.78 is 6.01. The summed E-state index contributed by atoms with van der Waals surface area (Å²) in [5.41, 5.74) is 12.0. The first-order chi connectivity index (χ1) is 21.8. The van der Waals surface area contributed by atoms with Crippen molar-refractivity contribution in [1.29, 1.82) is 0 Å². The Hall–Kier alpha value is -5.93. The van der Waals surface area contributed by atoms with Crippen LogP contribution in [0.15, 0.2) is 175 Å². The van der Waals surface area contributed by atoms with Crippen LogP contribution in [-0.2, 0) is 0 Å². The largest absolute Gasteiger partial charge is 0.454 e. The number of nitrogens with zero attached hydrogens (tertiary/aromatic N) is 2. The van der Waals surface area contributed by atoms with Gasteiger partial charge in [-0.3, -0.25) is 4.98 Å². The summed E-state index contributed by atoms with van der Waals surface area (Å²) in [7, 11) is 0. The Labute approximate surface area is 256 Å². The summed E-state index contributed by atoms with van der Waals surface area (Å²) in [4.78, 5) is 6.56. The monoisotopic (exact) mass is 564 g/mol. The highest BCUT2D eigenvalue weighted by molar-refractivity contribution is 6.06. The van der Waals surface area contributed by atoms with Crippen LogP contribution in [0.4, 0.5) is 17.1 Å². The Balaban J connectivity index is 1.23. The molecule has 0 bridgehead atoms. The molecule has 2 heterocycles. The average molecular weight is 565 g/mol. The Kier molecular flexibility index (Phi) is 6.47. The SMILES string of the molecule is c1ccc(-c2ccc(N(c3ccc(-c4ccc5oc6cnccc6c5c4)cc3)c3ccccc3-c3ccccc3)cc2)cc1. The highest BCUT2D eigenvalue weighted by atomic mass is 16.3. The highest BCUT2D eigenvalue weighted by Crippen LogP contribution is 2.42. The van der Waals surface area contributed by atoms with Crippen molar-refractivity contribution in [3.05, 3.63) is 170 Å². The molecular weight excluding hydrogens is 536 g/mol. The second-order valence-corrected chi connectivity index (χ2v) is 10.9. The minimum Gasteiger partial charge on any atom is -0.454 e. The van der Waals surface area contributed by atoms with E-state index in [2.05, 4.69) is 162 Å². The zero-order chi connectivity index (χ0) is 29.3. The molecule has 0 aliphatic carbocycles. The van der Waals surface area contributed by atoms with Gasteiger partial charge in [-0.15, -0.1) is 0 Å². The standard InChI is InChI=1S/C41H28N2O/c1-3-9-29(10-4-1)30-15-20-34(21-16-30)43(39-14-8-7-13-36(39)32-11-5-2-6-12-32)35-22-17-31(18-23-35)33-19-24-40-38(27-33)37-25-26-42-28-41(37)44-40/h1-28H. The van der Waals surface area contributed by atoms with E-state index in [4.69, 9.17) is 4.42 Å². The first-order valence-corrected chi connectivity index (χ1v) is 14.8. The van der Waals surface area contributed by atoms with E-state index in [1.807, 2.05) is 12.3 Å². The first-order valence-electron chi connectivity index (χ1n) is 14.8. The Bertz CT molecular complexity index is 2200. The maximum Gasteiger partial charge on any atom is 0.153 e. The van der Waals surface area contributed by atoms with E-state index in [0.717, 1.165) is 50.1 Å². The molecule has 6 aromatic carbocycles. The van der Waals surface area contributed by atoms with Crippen LogP contribution in [0.1, 0.15) is 0 Å². The third-order valence-electron chi connectivity index (χ3n) is 8.20. The number of benzene rings is 6. The Morgan fingerprint density at radius 3 is 1.70 bits per heavy atom. The lowest BCUT2D eigenvalue weighted by atomic mass is 10.00. The number of rotatable bonds is 6. The lowest BCUT2D eigenvalue weighted by molar-refractivity contribution is 0.667. The maximum atomic E-state index is 6.01. The van der Waals surface area contributed by atoms with Crippen LogP contribution in [0.2, 0.25) is 0 Å². The van der Waals surface area contributed by atoms with Gasteiger partial charge in [0.25, 0.3) is 0 Å². The molecule has 0 saturated heterocycles. The number of aromatic nitrogens is 1. The molecular formula is C41H28N2O. The van der Waals surface area contributed by atoms with Crippen molar-refractivity contribution in [2.75, 3.05) is 4.90 Å². The van der Waals surface area contributed by atoms with E-state index in [1.54, 1.807) is 6.20 Å². The molecule has 0 saturated carbocycles. The molecule has 8 rings (SSSR count). The van der Waals surface area contributed by atoms with Crippen LogP contribution in [0, 0.1) is 0 Å². The summed E-state index contributed by atoms with van der Waals surface area (Å²) in [5, 5.41) is 2.18. The van der Waals surface area contributed by atoms with Gasteiger partial charge in [0.05, 0.1) is 11.9 Å². The molecule has 0 unspecified atom stereocenters. The van der Waals surface area contributed by atoms with Gasteiger partial charge >= 0.3 is 0 Å². The Morgan fingerprint density at radius 1 is 0.432 bits per heavy atom. The van der Waals surface area contributed by atoms with Crippen LogP contribution in [0.3, 0.4) is 0 Å². The van der Waals surface area contributed by atoms with Gasteiger partial charge < -0.3 is 9.32 Å². The molecule has 3 heteroatoms. The van der Waals surface area contributed by atoms with Gasteiger partial charge in [0.2, 0.25) is 0 Å². The zero-order valence-corrected chi connectivity index (χ0v) is 24.0. The van der Waals surface area contributed by atoms with Crippen molar-refractivity contribution in [3.8, 4) is 33.4 Å². The molecule has 0 aliphatic heterocycles. The smallest absolute Gasteiger partial charge is 0.153 e. The highest BCUT2D eigenvalue weighted by Gasteiger charge is 2.17. The number of hydrogen-bond acceptors (Lipinski definition) is 3. The molecule has 208 valence electrons. The molecule has 8 aromatic rings. The molecule has 0 atom stereocenters. The van der Waals surface area contributed by atoms with Crippen LogP contribution in [0.5, 0.6) is 0 Å². The molecule has 3 nitrogen and oxygen atoms in total. The van der Waals surface area contributed by atoms with Gasteiger partial charge in [-0.05, 0) is 76.3 Å². The normalized spacial score (nSPS) is 11.2. The van der Waals surface area contributed by atoms with Crippen LogP contribution < -0.4 is 4.90 Å². The van der Waals surface area contributed by atoms with Gasteiger partial charge in [0.15, 0.2) is 5.58 Å².